The van der Waals surface area contributed by atoms with Gasteiger partial charge in [-0.3, -0.25) is 0 Å². The molecule has 2 atom stereocenters. The van der Waals surface area contributed by atoms with Crippen LogP contribution in [0.1, 0.15) is 28.2 Å². The number of phenols is 2. The number of alkyl halides is 1. The smallest absolute Gasteiger partial charge is 0.342 e. The predicted octanol–water partition coefficient (Wildman–Crippen LogP) is 1.94. The van der Waals surface area contributed by atoms with Crippen molar-refractivity contribution in [3.63, 3.8) is 0 Å². The van der Waals surface area contributed by atoms with Crippen molar-refractivity contribution in [3.05, 3.63) is 23.3 Å². The minimum absolute atomic E-state index is 0.0332. The second kappa shape index (κ2) is 3.31. The number of benzene rings is 1. The van der Waals surface area contributed by atoms with Gasteiger partial charge in [-0.2, -0.15) is 0 Å². The van der Waals surface area contributed by atoms with Crippen molar-refractivity contribution in [1.29, 1.82) is 0 Å². The van der Waals surface area contributed by atoms with Gasteiger partial charge in [-0.05, 0) is 18.6 Å². The molecule has 1 aromatic rings. The Labute approximate surface area is 91.1 Å². The van der Waals surface area contributed by atoms with E-state index in [0.29, 0.717) is 5.56 Å². The number of aromatic hydroxyl groups is 2. The zero-order valence-electron chi connectivity index (χ0n) is 7.90. The molecule has 1 aromatic carbocycles. The molecule has 15 heavy (non-hydrogen) atoms. The van der Waals surface area contributed by atoms with Crippen LogP contribution in [0.2, 0.25) is 0 Å². The van der Waals surface area contributed by atoms with E-state index in [1.165, 1.54) is 6.07 Å². The summed E-state index contributed by atoms with van der Waals surface area (Å²) in [5.41, 5.74) is 0.434. The molecular formula is C10H9ClO4. The Morgan fingerprint density at radius 3 is 2.73 bits per heavy atom. The minimum Gasteiger partial charge on any atom is -0.508 e. The standard InChI is InChI=1S/C10H9ClO4/c1-4-9(11)6-2-5(12)3-7(13)8(6)10(14)15-4/h2-4,9,12-13H,1H3/t4-,9?/m1/s1. The van der Waals surface area contributed by atoms with Gasteiger partial charge in [0.05, 0.1) is 5.38 Å². The summed E-state index contributed by atoms with van der Waals surface area (Å²) in [7, 11) is 0. The Morgan fingerprint density at radius 2 is 2.07 bits per heavy atom. The number of halogens is 1. The first kappa shape index (κ1) is 10.1. The van der Waals surface area contributed by atoms with Gasteiger partial charge in [0.2, 0.25) is 0 Å². The lowest BCUT2D eigenvalue weighted by atomic mass is 9.97. The molecule has 0 bridgehead atoms. The van der Waals surface area contributed by atoms with Crippen LogP contribution in [-0.2, 0) is 4.74 Å². The summed E-state index contributed by atoms with van der Waals surface area (Å²) in [6, 6.07) is 2.45. The molecular weight excluding hydrogens is 220 g/mol. The first-order valence-corrected chi connectivity index (χ1v) is 4.85. The molecule has 0 saturated heterocycles. The van der Waals surface area contributed by atoms with Crippen molar-refractivity contribution in [2.45, 2.75) is 18.4 Å². The van der Waals surface area contributed by atoms with Crippen LogP contribution in [0.5, 0.6) is 11.5 Å². The summed E-state index contributed by atoms with van der Waals surface area (Å²) >= 11 is 6.01. The maximum atomic E-state index is 11.5. The third kappa shape index (κ3) is 1.51. The van der Waals surface area contributed by atoms with Crippen LogP contribution in [0.4, 0.5) is 0 Å². The average molecular weight is 229 g/mol. The van der Waals surface area contributed by atoms with Crippen LogP contribution in [0.25, 0.3) is 0 Å². The summed E-state index contributed by atoms with van der Waals surface area (Å²) in [5, 5.41) is 18.2. The van der Waals surface area contributed by atoms with E-state index in [1.807, 2.05) is 0 Å². The number of hydrogen-bond acceptors (Lipinski definition) is 4. The molecule has 1 aliphatic rings. The van der Waals surface area contributed by atoms with E-state index >= 15 is 0 Å². The largest absolute Gasteiger partial charge is 0.508 e. The summed E-state index contributed by atoms with van der Waals surface area (Å²) in [6.45, 7) is 1.65. The highest BCUT2D eigenvalue weighted by molar-refractivity contribution is 6.22. The quantitative estimate of drug-likeness (QED) is 0.526. The zero-order chi connectivity index (χ0) is 11.2. The highest BCUT2D eigenvalue weighted by atomic mass is 35.5. The molecule has 1 aliphatic heterocycles. The van der Waals surface area contributed by atoms with Crippen LogP contribution in [-0.4, -0.2) is 22.3 Å². The van der Waals surface area contributed by atoms with Crippen molar-refractivity contribution in [1.82, 2.24) is 0 Å². The topological polar surface area (TPSA) is 66.8 Å². The number of fused-ring (bicyclic) bond motifs is 1. The summed E-state index contributed by atoms with van der Waals surface area (Å²) in [4.78, 5) is 11.5. The SMILES string of the molecule is C[C@H]1OC(=O)c2c(O)cc(O)cc2C1Cl. The molecule has 0 amide bonds. The average Bonchev–Trinajstić information content (AvgIpc) is 2.12. The molecule has 80 valence electrons. The van der Waals surface area contributed by atoms with Crippen molar-refractivity contribution in [2.75, 3.05) is 0 Å². The lowest BCUT2D eigenvalue weighted by Gasteiger charge is -2.26. The van der Waals surface area contributed by atoms with Gasteiger partial charge in [0.15, 0.2) is 0 Å². The number of ether oxygens (including phenoxy) is 1. The summed E-state index contributed by atoms with van der Waals surface area (Å²) in [5.74, 6) is -1.06. The molecule has 4 nitrogen and oxygen atoms in total. The fourth-order valence-electron chi connectivity index (χ4n) is 1.61. The zero-order valence-corrected chi connectivity index (χ0v) is 8.65. The number of carbonyl (C=O) groups is 1. The van der Waals surface area contributed by atoms with E-state index in [9.17, 15) is 15.0 Å². The number of rotatable bonds is 0. The Hall–Kier alpha value is -1.42. The van der Waals surface area contributed by atoms with Crippen molar-refractivity contribution in [3.8, 4) is 11.5 Å². The first-order valence-electron chi connectivity index (χ1n) is 4.41. The third-order valence-corrected chi connectivity index (χ3v) is 2.93. The van der Waals surface area contributed by atoms with Crippen LogP contribution < -0.4 is 0 Å². The number of cyclic esters (lactones) is 1. The van der Waals surface area contributed by atoms with Gasteiger partial charge in [-0.15, -0.1) is 11.6 Å². The molecule has 0 saturated carbocycles. The Balaban J connectivity index is 2.65. The fourth-order valence-corrected chi connectivity index (χ4v) is 1.84. The second-order valence-corrected chi connectivity index (χ2v) is 3.91. The molecule has 5 heteroatoms. The molecule has 0 fully saturated rings. The van der Waals surface area contributed by atoms with Gasteiger partial charge in [0, 0.05) is 6.07 Å². The Kier molecular flexibility index (Phi) is 2.23. The molecule has 2 N–H and O–H groups in total. The third-order valence-electron chi connectivity index (χ3n) is 2.34. The van der Waals surface area contributed by atoms with Gasteiger partial charge >= 0.3 is 5.97 Å². The second-order valence-electron chi connectivity index (χ2n) is 3.44. The maximum absolute atomic E-state index is 11.5. The molecule has 0 radical (unpaired) electrons. The van der Waals surface area contributed by atoms with E-state index in [-0.39, 0.29) is 17.1 Å². The molecule has 0 spiro atoms. The van der Waals surface area contributed by atoms with Gasteiger partial charge in [-0.25, -0.2) is 4.79 Å². The van der Waals surface area contributed by atoms with Crippen molar-refractivity contribution < 1.29 is 19.7 Å². The van der Waals surface area contributed by atoms with Gasteiger partial charge < -0.3 is 14.9 Å². The highest BCUT2D eigenvalue weighted by Gasteiger charge is 2.34. The molecule has 2 rings (SSSR count). The molecule has 1 unspecified atom stereocenters. The van der Waals surface area contributed by atoms with E-state index in [0.717, 1.165) is 6.07 Å². The van der Waals surface area contributed by atoms with E-state index in [1.54, 1.807) is 6.92 Å². The number of phenolic OH excluding ortho intramolecular Hbond substituents is 2. The monoisotopic (exact) mass is 228 g/mol. The van der Waals surface area contributed by atoms with Gasteiger partial charge in [-0.1, -0.05) is 0 Å². The fraction of sp³-hybridized carbons (Fsp3) is 0.300. The first-order chi connectivity index (χ1) is 7.00. The van der Waals surface area contributed by atoms with Crippen LogP contribution >= 0.6 is 11.6 Å². The molecule has 0 aromatic heterocycles. The van der Waals surface area contributed by atoms with Crippen LogP contribution in [0.15, 0.2) is 12.1 Å². The minimum atomic E-state index is -0.619. The summed E-state index contributed by atoms with van der Waals surface area (Å²) in [6.07, 6.45) is -0.479. The lowest BCUT2D eigenvalue weighted by molar-refractivity contribution is 0.0284. The Morgan fingerprint density at radius 1 is 1.40 bits per heavy atom. The van der Waals surface area contributed by atoms with Gasteiger partial charge in [0.25, 0.3) is 0 Å². The lowest BCUT2D eigenvalue weighted by Crippen LogP contribution is -2.27. The van der Waals surface area contributed by atoms with Crippen LogP contribution in [0.3, 0.4) is 0 Å². The summed E-state index contributed by atoms with van der Waals surface area (Å²) < 4.78 is 4.93. The van der Waals surface area contributed by atoms with Crippen molar-refractivity contribution >= 4 is 17.6 Å². The number of hydrogen-bond donors (Lipinski definition) is 2. The highest BCUT2D eigenvalue weighted by Crippen LogP contribution is 2.40. The predicted molar refractivity (Wildman–Crippen MR) is 53.2 cm³/mol. The van der Waals surface area contributed by atoms with E-state index in [4.69, 9.17) is 16.3 Å². The number of esters is 1. The number of carbonyl (C=O) groups excluding carboxylic acids is 1. The van der Waals surface area contributed by atoms with Gasteiger partial charge in [0.1, 0.15) is 23.2 Å². The van der Waals surface area contributed by atoms with Crippen LogP contribution in [0, 0.1) is 0 Å². The van der Waals surface area contributed by atoms with E-state index < -0.39 is 17.5 Å². The van der Waals surface area contributed by atoms with E-state index in [2.05, 4.69) is 0 Å². The van der Waals surface area contributed by atoms with Crippen molar-refractivity contribution in [2.24, 2.45) is 0 Å². The molecule has 1 heterocycles. The molecule has 0 aliphatic carbocycles. The normalized spacial score (nSPS) is 24.5. The maximum Gasteiger partial charge on any atom is 0.342 e. The Bertz CT molecular complexity index is 430.